The second-order valence-electron chi connectivity index (χ2n) is 5.32. The molecule has 2 rings (SSSR count). The van der Waals surface area contributed by atoms with Gasteiger partial charge in [0, 0.05) is 11.6 Å². The second kappa shape index (κ2) is 6.80. The van der Waals surface area contributed by atoms with Gasteiger partial charge in [0.15, 0.2) is 0 Å². The van der Waals surface area contributed by atoms with Crippen LogP contribution in [0, 0.1) is 0 Å². The summed E-state index contributed by atoms with van der Waals surface area (Å²) >= 11 is 6.05. The summed E-state index contributed by atoms with van der Waals surface area (Å²) in [7, 11) is 0. The Morgan fingerprint density at radius 1 is 1.29 bits per heavy atom. The van der Waals surface area contributed by atoms with Crippen molar-refractivity contribution in [3.8, 4) is 0 Å². The summed E-state index contributed by atoms with van der Waals surface area (Å²) in [5, 5.41) is 14.8. The van der Waals surface area contributed by atoms with E-state index in [1.165, 1.54) is 0 Å². The average Bonchev–Trinajstić information content (AvgIpc) is 2.88. The highest BCUT2D eigenvalue weighted by Crippen LogP contribution is 2.39. The Labute approximate surface area is 128 Å². The Bertz CT molecular complexity index is 527. The molecule has 0 aliphatic heterocycles. The van der Waals surface area contributed by atoms with E-state index in [9.17, 15) is 9.59 Å². The average molecular weight is 311 g/mol. The molecule has 5 nitrogen and oxygen atoms in total. The number of halogens is 1. The number of benzene rings is 1. The van der Waals surface area contributed by atoms with E-state index in [1.807, 2.05) is 18.2 Å². The zero-order valence-corrected chi connectivity index (χ0v) is 12.4. The normalized spacial score (nSPS) is 16.4. The van der Waals surface area contributed by atoms with E-state index in [0.717, 1.165) is 31.2 Å². The number of carboxylic acids is 1. The zero-order chi connectivity index (χ0) is 15.3. The van der Waals surface area contributed by atoms with Crippen LogP contribution < -0.4 is 10.6 Å². The maximum absolute atomic E-state index is 12.0. The van der Waals surface area contributed by atoms with Crippen LogP contribution in [-0.4, -0.2) is 23.7 Å². The lowest BCUT2D eigenvalue weighted by atomic mass is 9.88. The summed E-state index contributed by atoms with van der Waals surface area (Å²) in [6.07, 6.45) is 3.72. The van der Waals surface area contributed by atoms with Crippen molar-refractivity contribution in [1.29, 1.82) is 0 Å². The molecule has 1 aliphatic rings. The lowest BCUT2D eigenvalue weighted by Crippen LogP contribution is -2.48. The molecule has 0 atom stereocenters. The third-order valence-electron chi connectivity index (χ3n) is 3.81. The molecular formula is C15H19ClN2O3. The third-order valence-corrected chi connectivity index (χ3v) is 4.05. The number of aliphatic carboxylic acids is 1. The van der Waals surface area contributed by atoms with Gasteiger partial charge in [-0.3, -0.25) is 4.79 Å². The summed E-state index contributed by atoms with van der Waals surface area (Å²) in [5.74, 6) is -0.930. The fourth-order valence-electron chi connectivity index (χ4n) is 2.80. The van der Waals surface area contributed by atoms with Crippen molar-refractivity contribution in [1.82, 2.24) is 10.6 Å². The minimum atomic E-state index is -0.930. The maximum atomic E-state index is 12.0. The molecule has 0 spiro atoms. The standard InChI is InChI=1S/C15H19ClN2O3/c16-12-5-3-4-11(10-12)15(7-1-2-8-15)18-14(21)17-9-6-13(19)20/h3-5,10H,1-2,6-9H2,(H,19,20)(H2,17,18,21). The number of hydrogen-bond acceptors (Lipinski definition) is 2. The van der Waals surface area contributed by atoms with E-state index in [-0.39, 0.29) is 19.0 Å². The number of hydrogen-bond donors (Lipinski definition) is 3. The fraction of sp³-hybridized carbons (Fsp3) is 0.467. The van der Waals surface area contributed by atoms with Crippen molar-refractivity contribution in [2.45, 2.75) is 37.6 Å². The summed E-state index contributed by atoms with van der Waals surface area (Å²) in [6, 6.07) is 7.19. The van der Waals surface area contributed by atoms with Crippen LogP contribution in [0.4, 0.5) is 4.79 Å². The number of carbonyl (C=O) groups is 2. The van der Waals surface area contributed by atoms with Crippen LogP contribution in [0.25, 0.3) is 0 Å². The van der Waals surface area contributed by atoms with Gasteiger partial charge in [-0.25, -0.2) is 4.79 Å². The van der Waals surface area contributed by atoms with Crippen molar-refractivity contribution >= 4 is 23.6 Å². The van der Waals surface area contributed by atoms with E-state index in [1.54, 1.807) is 6.07 Å². The molecule has 0 heterocycles. The Morgan fingerprint density at radius 2 is 2.00 bits per heavy atom. The van der Waals surface area contributed by atoms with Crippen LogP contribution in [0.1, 0.15) is 37.7 Å². The Hall–Kier alpha value is -1.75. The number of carbonyl (C=O) groups excluding carboxylic acids is 1. The highest BCUT2D eigenvalue weighted by atomic mass is 35.5. The first-order valence-electron chi connectivity index (χ1n) is 7.06. The van der Waals surface area contributed by atoms with E-state index in [2.05, 4.69) is 10.6 Å². The van der Waals surface area contributed by atoms with Gasteiger partial charge >= 0.3 is 12.0 Å². The van der Waals surface area contributed by atoms with E-state index in [4.69, 9.17) is 16.7 Å². The van der Waals surface area contributed by atoms with E-state index >= 15 is 0 Å². The molecule has 0 aromatic heterocycles. The smallest absolute Gasteiger partial charge is 0.315 e. The van der Waals surface area contributed by atoms with Gasteiger partial charge in [-0.05, 0) is 30.5 Å². The van der Waals surface area contributed by atoms with Gasteiger partial charge in [-0.15, -0.1) is 0 Å². The second-order valence-corrected chi connectivity index (χ2v) is 5.76. The van der Waals surface area contributed by atoms with Crippen LogP contribution in [0.3, 0.4) is 0 Å². The summed E-state index contributed by atoms with van der Waals surface area (Å²) < 4.78 is 0. The Balaban J connectivity index is 2.05. The molecule has 0 unspecified atom stereocenters. The molecule has 1 aliphatic carbocycles. The third kappa shape index (κ3) is 4.11. The first kappa shape index (κ1) is 15.6. The molecule has 1 aromatic rings. The SMILES string of the molecule is O=C(O)CCNC(=O)NC1(c2cccc(Cl)c2)CCCC1. The number of nitrogens with one attached hydrogen (secondary N) is 2. The minimum Gasteiger partial charge on any atom is -0.481 e. The molecule has 2 amide bonds. The van der Waals surface area contributed by atoms with Crippen molar-refractivity contribution in [3.05, 3.63) is 34.9 Å². The quantitative estimate of drug-likeness (QED) is 0.782. The van der Waals surface area contributed by atoms with E-state index < -0.39 is 11.5 Å². The van der Waals surface area contributed by atoms with Gasteiger partial charge in [-0.2, -0.15) is 0 Å². The van der Waals surface area contributed by atoms with Crippen LogP contribution in [-0.2, 0) is 10.3 Å². The van der Waals surface area contributed by atoms with Gasteiger partial charge < -0.3 is 15.7 Å². The largest absolute Gasteiger partial charge is 0.481 e. The molecule has 1 fully saturated rings. The summed E-state index contributed by atoms with van der Waals surface area (Å²) in [5.41, 5.74) is 0.596. The molecule has 0 bridgehead atoms. The van der Waals surface area contributed by atoms with Crippen molar-refractivity contribution in [2.24, 2.45) is 0 Å². The van der Waals surface area contributed by atoms with Gasteiger partial charge in [0.25, 0.3) is 0 Å². The molecule has 3 N–H and O–H groups in total. The van der Waals surface area contributed by atoms with Crippen LogP contribution >= 0.6 is 11.6 Å². The van der Waals surface area contributed by atoms with Gasteiger partial charge in [0.2, 0.25) is 0 Å². The molecule has 1 aromatic carbocycles. The van der Waals surface area contributed by atoms with Crippen molar-refractivity contribution < 1.29 is 14.7 Å². The van der Waals surface area contributed by atoms with E-state index in [0.29, 0.717) is 5.02 Å². The van der Waals surface area contributed by atoms with Crippen molar-refractivity contribution in [3.63, 3.8) is 0 Å². The molecule has 0 saturated heterocycles. The molecule has 114 valence electrons. The highest BCUT2D eigenvalue weighted by Gasteiger charge is 2.37. The molecule has 1 saturated carbocycles. The van der Waals surface area contributed by atoms with Crippen LogP contribution in [0.15, 0.2) is 24.3 Å². The topological polar surface area (TPSA) is 78.4 Å². The maximum Gasteiger partial charge on any atom is 0.315 e. The molecular weight excluding hydrogens is 292 g/mol. The number of urea groups is 1. The van der Waals surface area contributed by atoms with Crippen molar-refractivity contribution in [2.75, 3.05) is 6.54 Å². The predicted molar refractivity (Wildman–Crippen MR) is 80.4 cm³/mol. The predicted octanol–water partition coefficient (Wildman–Crippen LogP) is 2.88. The Morgan fingerprint density at radius 3 is 2.62 bits per heavy atom. The number of rotatable bonds is 5. The minimum absolute atomic E-state index is 0.0857. The fourth-order valence-corrected chi connectivity index (χ4v) is 2.99. The number of amides is 2. The number of carboxylic acid groups (broad SMARTS) is 1. The van der Waals surface area contributed by atoms with Crippen LogP contribution in [0.2, 0.25) is 5.02 Å². The van der Waals surface area contributed by atoms with Gasteiger partial charge in [0.05, 0.1) is 12.0 Å². The summed E-state index contributed by atoms with van der Waals surface area (Å²) in [4.78, 5) is 22.5. The first-order valence-corrected chi connectivity index (χ1v) is 7.43. The Kier molecular flexibility index (Phi) is 5.07. The highest BCUT2D eigenvalue weighted by molar-refractivity contribution is 6.30. The summed E-state index contributed by atoms with van der Waals surface area (Å²) in [6.45, 7) is 0.118. The zero-order valence-electron chi connectivity index (χ0n) is 11.7. The molecule has 0 radical (unpaired) electrons. The molecule has 6 heteroatoms. The lowest BCUT2D eigenvalue weighted by molar-refractivity contribution is -0.136. The lowest BCUT2D eigenvalue weighted by Gasteiger charge is -2.31. The van der Waals surface area contributed by atoms with Gasteiger partial charge in [0.1, 0.15) is 0 Å². The first-order chi connectivity index (χ1) is 10.0. The monoisotopic (exact) mass is 310 g/mol. The van der Waals surface area contributed by atoms with Gasteiger partial charge in [-0.1, -0.05) is 36.6 Å². The van der Waals surface area contributed by atoms with Crippen LogP contribution in [0.5, 0.6) is 0 Å². The molecule has 21 heavy (non-hydrogen) atoms.